The van der Waals surface area contributed by atoms with Crippen molar-refractivity contribution in [2.75, 3.05) is 19.7 Å². The molecule has 7 heteroatoms. The lowest BCUT2D eigenvalue weighted by Crippen LogP contribution is -2.48. The SMILES string of the molecule is O=C(c1cscn1)N1CCO[C@H](C(F)F)C1. The maximum absolute atomic E-state index is 12.4. The van der Waals surface area contributed by atoms with Gasteiger partial charge in [-0.15, -0.1) is 11.3 Å². The van der Waals surface area contributed by atoms with Gasteiger partial charge in [-0.1, -0.05) is 0 Å². The van der Waals surface area contributed by atoms with Crippen molar-refractivity contribution in [2.24, 2.45) is 0 Å². The zero-order valence-corrected chi connectivity index (χ0v) is 9.12. The van der Waals surface area contributed by atoms with Crippen LogP contribution in [0.5, 0.6) is 0 Å². The van der Waals surface area contributed by atoms with E-state index in [1.807, 2.05) is 0 Å². The van der Waals surface area contributed by atoms with Crippen LogP contribution in [0.4, 0.5) is 8.78 Å². The highest BCUT2D eigenvalue weighted by atomic mass is 32.1. The first-order valence-electron chi connectivity index (χ1n) is 4.75. The lowest BCUT2D eigenvalue weighted by atomic mass is 10.2. The number of nitrogens with zero attached hydrogens (tertiary/aromatic N) is 2. The van der Waals surface area contributed by atoms with Gasteiger partial charge in [0.2, 0.25) is 0 Å². The minimum atomic E-state index is -2.56. The van der Waals surface area contributed by atoms with Crippen LogP contribution >= 0.6 is 11.3 Å². The van der Waals surface area contributed by atoms with Gasteiger partial charge in [-0.3, -0.25) is 4.79 Å². The molecule has 2 rings (SSSR count). The highest BCUT2D eigenvalue weighted by Gasteiger charge is 2.31. The quantitative estimate of drug-likeness (QED) is 0.791. The van der Waals surface area contributed by atoms with Gasteiger partial charge in [-0.05, 0) is 0 Å². The van der Waals surface area contributed by atoms with E-state index >= 15 is 0 Å². The molecule has 1 aromatic rings. The number of carbonyl (C=O) groups is 1. The Labute approximate surface area is 94.8 Å². The van der Waals surface area contributed by atoms with Crippen molar-refractivity contribution in [1.29, 1.82) is 0 Å². The Morgan fingerprint density at radius 3 is 3.12 bits per heavy atom. The highest BCUT2D eigenvalue weighted by molar-refractivity contribution is 7.07. The van der Waals surface area contributed by atoms with E-state index in [0.717, 1.165) is 0 Å². The monoisotopic (exact) mass is 248 g/mol. The molecule has 1 saturated heterocycles. The summed E-state index contributed by atoms with van der Waals surface area (Å²) in [6, 6.07) is 0. The predicted molar refractivity (Wildman–Crippen MR) is 53.8 cm³/mol. The zero-order valence-electron chi connectivity index (χ0n) is 8.31. The van der Waals surface area contributed by atoms with Crippen LogP contribution in [0.15, 0.2) is 10.9 Å². The summed E-state index contributed by atoms with van der Waals surface area (Å²) in [6.45, 7) is 0.401. The van der Waals surface area contributed by atoms with E-state index in [1.165, 1.54) is 21.7 Å². The molecule has 1 aliphatic heterocycles. The summed E-state index contributed by atoms with van der Waals surface area (Å²) in [4.78, 5) is 17.0. The summed E-state index contributed by atoms with van der Waals surface area (Å²) in [5.74, 6) is -0.310. The average Bonchev–Trinajstić information content (AvgIpc) is 2.81. The van der Waals surface area contributed by atoms with Crippen molar-refractivity contribution in [3.63, 3.8) is 0 Å². The number of amides is 1. The maximum atomic E-state index is 12.4. The van der Waals surface area contributed by atoms with Gasteiger partial charge < -0.3 is 9.64 Å². The van der Waals surface area contributed by atoms with E-state index in [0.29, 0.717) is 12.2 Å². The minimum absolute atomic E-state index is 0.0754. The molecule has 0 radical (unpaired) electrons. The van der Waals surface area contributed by atoms with Crippen molar-refractivity contribution in [3.8, 4) is 0 Å². The van der Waals surface area contributed by atoms with Gasteiger partial charge in [-0.2, -0.15) is 0 Å². The fourth-order valence-electron chi connectivity index (χ4n) is 1.49. The number of ether oxygens (including phenoxy) is 1. The molecule has 4 nitrogen and oxygen atoms in total. The van der Waals surface area contributed by atoms with Crippen LogP contribution in [-0.2, 0) is 4.74 Å². The van der Waals surface area contributed by atoms with Crippen LogP contribution in [0.2, 0.25) is 0 Å². The number of carbonyl (C=O) groups excluding carboxylic acids is 1. The third kappa shape index (κ3) is 2.35. The topological polar surface area (TPSA) is 42.4 Å². The third-order valence-electron chi connectivity index (χ3n) is 2.31. The van der Waals surface area contributed by atoms with E-state index in [9.17, 15) is 13.6 Å². The second-order valence-electron chi connectivity index (χ2n) is 3.37. The van der Waals surface area contributed by atoms with Crippen LogP contribution in [0, 0.1) is 0 Å². The first-order valence-corrected chi connectivity index (χ1v) is 5.70. The Morgan fingerprint density at radius 1 is 1.69 bits per heavy atom. The van der Waals surface area contributed by atoms with E-state index in [2.05, 4.69) is 4.98 Å². The van der Waals surface area contributed by atoms with Crippen molar-refractivity contribution in [3.05, 3.63) is 16.6 Å². The Balaban J connectivity index is 2.02. The molecule has 0 spiro atoms. The lowest BCUT2D eigenvalue weighted by Gasteiger charge is -2.32. The van der Waals surface area contributed by atoms with Crippen molar-refractivity contribution < 1.29 is 18.3 Å². The van der Waals surface area contributed by atoms with Gasteiger partial charge in [0.1, 0.15) is 11.8 Å². The Kier molecular flexibility index (Phi) is 3.45. The number of hydrogen-bond acceptors (Lipinski definition) is 4. The Morgan fingerprint density at radius 2 is 2.50 bits per heavy atom. The average molecular weight is 248 g/mol. The van der Waals surface area contributed by atoms with Crippen molar-refractivity contribution >= 4 is 17.2 Å². The van der Waals surface area contributed by atoms with E-state index in [-0.39, 0.29) is 19.1 Å². The molecule has 88 valence electrons. The van der Waals surface area contributed by atoms with E-state index in [4.69, 9.17) is 4.74 Å². The molecule has 1 aromatic heterocycles. The fourth-order valence-corrected chi connectivity index (χ4v) is 2.02. The highest BCUT2D eigenvalue weighted by Crippen LogP contribution is 2.15. The second kappa shape index (κ2) is 4.84. The number of thiazole rings is 1. The van der Waals surface area contributed by atoms with E-state index < -0.39 is 12.5 Å². The van der Waals surface area contributed by atoms with Crippen LogP contribution in [0.25, 0.3) is 0 Å². The maximum Gasteiger partial charge on any atom is 0.273 e. The number of alkyl halides is 2. The standard InChI is InChI=1S/C9H10F2N2O2S/c10-8(11)7-3-13(1-2-15-7)9(14)6-4-16-5-12-6/h4-5,7-8H,1-3H2/t7-/m0/s1. The normalized spacial score (nSPS) is 21.4. The molecule has 0 N–H and O–H groups in total. The second-order valence-corrected chi connectivity index (χ2v) is 4.09. The number of rotatable bonds is 2. The molecule has 0 bridgehead atoms. The third-order valence-corrected chi connectivity index (χ3v) is 2.90. The molecule has 1 fully saturated rings. The van der Waals surface area contributed by atoms with Crippen LogP contribution in [0.1, 0.15) is 10.5 Å². The molecule has 16 heavy (non-hydrogen) atoms. The first kappa shape index (κ1) is 11.4. The molecular weight excluding hydrogens is 238 g/mol. The summed E-state index contributed by atoms with van der Waals surface area (Å²) in [7, 11) is 0. The number of hydrogen-bond donors (Lipinski definition) is 0. The van der Waals surface area contributed by atoms with Gasteiger partial charge in [0, 0.05) is 11.9 Å². The van der Waals surface area contributed by atoms with E-state index in [1.54, 1.807) is 5.38 Å². The van der Waals surface area contributed by atoms with Gasteiger partial charge in [0.05, 0.1) is 18.7 Å². The van der Waals surface area contributed by atoms with Crippen LogP contribution in [0.3, 0.4) is 0 Å². The number of halogens is 2. The summed E-state index contributed by atoms with van der Waals surface area (Å²) in [5, 5.41) is 1.61. The summed E-state index contributed by atoms with van der Waals surface area (Å²) in [5.41, 5.74) is 1.85. The molecule has 1 amide bonds. The molecule has 1 atom stereocenters. The molecule has 0 aliphatic carbocycles. The van der Waals surface area contributed by atoms with Crippen LogP contribution in [-0.4, -0.2) is 48.0 Å². The summed E-state index contributed by atoms with van der Waals surface area (Å²) < 4.78 is 29.7. The minimum Gasteiger partial charge on any atom is -0.369 e. The molecule has 1 aliphatic rings. The largest absolute Gasteiger partial charge is 0.369 e. The van der Waals surface area contributed by atoms with Crippen LogP contribution < -0.4 is 0 Å². The molecule has 2 heterocycles. The Bertz CT molecular complexity index is 358. The first-order chi connectivity index (χ1) is 7.68. The van der Waals surface area contributed by atoms with Gasteiger partial charge in [0.25, 0.3) is 12.3 Å². The van der Waals surface area contributed by atoms with Crippen molar-refractivity contribution in [1.82, 2.24) is 9.88 Å². The molecule has 0 aromatic carbocycles. The smallest absolute Gasteiger partial charge is 0.273 e. The number of aromatic nitrogens is 1. The molecule has 0 unspecified atom stereocenters. The summed E-state index contributed by atoms with van der Waals surface area (Å²) >= 11 is 1.30. The van der Waals surface area contributed by atoms with Crippen molar-refractivity contribution in [2.45, 2.75) is 12.5 Å². The Hall–Kier alpha value is -1.08. The lowest BCUT2D eigenvalue weighted by molar-refractivity contribution is -0.0943. The van der Waals surface area contributed by atoms with Gasteiger partial charge >= 0.3 is 0 Å². The molecular formula is C9H10F2N2O2S. The fraction of sp³-hybridized carbons (Fsp3) is 0.556. The zero-order chi connectivity index (χ0) is 11.5. The predicted octanol–water partition coefficient (Wildman–Crippen LogP) is 1.25. The van der Waals surface area contributed by atoms with Gasteiger partial charge in [-0.25, -0.2) is 13.8 Å². The summed E-state index contributed by atoms with van der Waals surface area (Å²) in [6.07, 6.45) is -3.75. The molecule has 0 saturated carbocycles. The number of morpholine rings is 1. The van der Waals surface area contributed by atoms with Gasteiger partial charge in [0.15, 0.2) is 0 Å².